The van der Waals surface area contributed by atoms with Gasteiger partial charge in [-0.15, -0.1) is 0 Å². The first-order valence-corrected chi connectivity index (χ1v) is 10.3. The van der Waals surface area contributed by atoms with Crippen LogP contribution in [0.2, 0.25) is 0 Å². The molecule has 1 aliphatic carbocycles. The molecule has 1 aromatic rings. The Morgan fingerprint density at radius 2 is 1.92 bits per heavy atom. The van der Waals surface area contributed by atoms with E-state index in [1.807, 2.05) is 12.3 Å². The van der Waals surface area contributed by atoms with Crippen molar-refractivity contribution in [3.63, 3.8) is 0 Å². The Morgan fingerprint density at radius 3 is 2.58 bits per heavy atom. The van der Waals surface area contributed by atoms with Gasteiger partial charge in [0.25, 0.3) is 0 Å². The van der Waals surface area contributed by atoms with Crippen LogP contribution in [0.25, 0.3) is 0 Å². The summed E-state index contributed by atoms with van der Waals surface area (Å²) in [7, 11) is 0. The molecule has 1 aromatic heterocycles. The number of nitrogens with zero attached hydrogens (tertiary/aromatic N) is 2. The molecule has 0 unspecified atom stereocenters. The average Bonchev–Trinajstić information content (AvgIpc) is 3.52. The van der Waals surface area contributed by atoms with Crippen LogP contribution < -0.4 is 5.32 Å². The molecule has 4 rings (SSSR count). The monoisotopic (exact) mass is 357 g/mol. The third-order valence-corrected chi connectivity index (χ3v) is 6.25. The summed E-state index contributed by atoms with van der Waals surface area (Å²) in [6.07, 6.45) is 8.48. The number of nitrogens with one attached hydrogen (secondary N) is 1. The maximum absolute atomic E-state index is 12.9. The Bertz CT molecular complexity index is 617. The third-order valence-electron chi connectivity index (χ3n) is 6.25. The van der Waals surface area contributed by atoms with Crippen LogP contribution in [0.1, 0.15) is 55.8 Å². The number of pyridine rings is 1. The first-order valence-electron chi connectivity index (χ1n) is 10.3. The summed E-state index contributed by atoms with van der Waals surface area (Å²) in [4.78, 5) is 20.0. The molecule has 3 fully saturated rings. The molecule has 5 heteroatoms. The molecule has 142 valence electrons. The maximum atomic E-state index is 12.9. The summed E-state index contributed by atoms with van der Waals surface area (Å²) in [6, 6.07) is 4.89. The van der Waals surface area contributed by atoms with E-state index in [1.165, 1.54) is 18.4 Å². The van der Waals surface area contributed by atoms with E-state index in [4.69, 9.17) is 4.74 Å². The van der Waals surface area contributed by atoms with Gasteiger partial charge in [0.2, 0.25) is 5.91 Å². The van der Waals surface area contributed by atoms with Crippen molar-refractivity contribution in [2.45, 2.75) is 57.5 Å². The van der Waals surface area contributed by atoms with Crippen LogP contribution in [0.5, 0.6) is 0 Å². The van der Waals surface area contributed by atoms with Gasteiger partial charge in [-0.1, -0.05) is 0 Å². The minimum absolute atomic E-state index is 0.0934. The first kappa shape index (κ1) is 17.9. The highest BCUT2D eigenvalue weighted by molar-refractivity contribution is 5.79. The molecular weight excluding hydrogens is 326 g/mol. The second kappa shape index (κ2) is 8.05. The standard InChI is InChI=1S/C21H31N3O2/c1-15-4-9-22-19(14-15)20(16-2-3-16)23-21(25)17-5-10-24(11-6-17)18-7-12-26-13-8-18/h4,9,14,16-18,20H,2-3,5-8,10-13H2,1H3,(H,23,25)/t20-/m1/s1. The summed E-state index contributed by atoms with van der Waals surface area (Å²) in [5.41, 5.74) is 2.24. The number of hydrogen-bond donors (Lipinski definition) is 1. The van der Waals surface area contributed by atoms with Crippen LogP contribution in [0.3, 0.4) is 0 Å². The lowest BCUT2D eigenvalue weighted by atomic mass is 9.92. The van der Waals surface area contributed by atoms with E-state index in [0.29, 0.717) is 12.0 Å². The number of carbonyl (C=O) groups is 1. The predicted octanol–water partition coefficient (Wildman–Crippen LogP) is 2.85. The van der Waals surface area contributed by atoms with E-state index in [1.54, 1.807) is 0 Å². The largest absolute Gasteiger partial charge is 0.381 e. The molecule has 3 aliphatic rings. The molecule has 3 heterocycles. The summed E-state index contributed by atoms with van der Waals surface area (Å²) in [5, 5.41) is 3.35. The van der Waals surface area contributed by atoms with Gasteiger partial charge in [0.1, 0.15) is 0 Å². The van der Waals surface area contributed by atoms with E-state index >= 15 is 0 Å². The molecule has 1 amide bonds. The summed E-state index contributed by atoms with van der Waals surface area (Å²) >= 11 is 0. The van der Waals surface area contributed by atoms with Gasteiger partial charge in [-0.3, -0.25) is 9.78 Å². The van der Waals surface area contributed by atoms with Gasteiger partial charge < -0.3 is 15.0 Å². The zero-order valence-corrected chi connectivity index (χ0v) is 15.8. The zero-order chi connectivity index (χ0) is 17.9. The van der Waals surface area contributed by atoms with Crippen LogP contribution in [0, 0.1) is 18.8 Å². The van der Waals surface area contributed by atoms with Gasteiger partial charge in [0, 0.05) is 31.4 Å². The number of likely N-dealkylation sites (tertiary alicyclic amines) is 1. The third kappa shape index (κ3) is 4.26. The molecule has 1 saturated carbocycles. The average molecular weight is 357 g/mol. The lowest BCUT2D eigenvalue weighted by molar-refractivity contribution is -0.127. The highest BCUT2D eigenvalue weighted by Crippen LogP contribution is 2.41. The Labute approximate surface area is 156 Å². The molecule has 1 N–H and O–H groups in total. The van der Waals surface area contributed by atoms with Gasteiger partial charge in [0.15, 0.2) is 0 Å². The smallest absolute Gasteiger partial charge is 0.223 e. The number of ether oxygens (including phenoxy) is 1. The number of hydrogen-bond acceptors (Lipinski definition) is 4. The van der Waals surface area contributed by atoms with Crippen molar-refractivity contribution in [2.75, 3.05) is 26.3 Å². The Balaban J connectivity index is 1.33. The molecule has 0 spiro atoms. The Morgan fingerprint density at radius 1 is 1.19 bits per heavy atom. The maximum Gasteiger partial charge on any atom is 0.223 e. The van der Waals surface area contributed by atoms with Crippen LogP contribution in [0.4, 0.5) is 0 Å². The Kier molecular flexibility index (Phi) is 5.55. The summed E-state index contributed by atoms with van der Waals surface area (Å²) in [6.45, 7) is 5.94. The second-order valence-corrected chi connectivity index (χ2v) is 8.24. The second-order valence-electron chi connectivity index (χ2n) is 8.24. The highest BCUT2D eigenvalue weighted by atomic mass is 16.5. The van der Waals surface area contributed by atoms with E-state index in [-0.39, 0.29) is 17.9 Å². The number of amides is 1. The number of carbonyl (C=O) groups excluding carboxylic acids is 1. The highest BCUT2D eigenvalue weighted by Gasteiger charge is 2.36. The molecule has 0 bridgehead atoms. The summed E-state index contributed by atoms with van der Waals surface area (Å²) < 4.78 is 5.48. The number of piperidine rings is 1. The van der Waals surface area contributed by atoms with Crippen molar-refractivity contribution in [3.8, 4) is 0 Å². The first-order chi connectivity index (χ1) is 12.7. The van der Waals surface area contributed by atoms with Crippen LogP contribution >= 0.6 is 0 Å². The van der Waals surface area contributed by atoms with E-state index in [0.717, 1.165) is 57.7 Å². The number of rotatable bonds is 5. The normalized spacial score (nSPS) is 24.3. The van der Waals surface area contributed by atoms with Crippen LogP contribution in [0.15, 0.2) is 18.3 Å². The van der Waals surface area contributed by atoms with Crippen molar-refractivity contribution in [1.82, 2.24) is 15.2 Å². The lowest BCUT2D eigenvalue weighted by Gasteiger charge is -2.39. The van der Waals surface area contributed by atoms with Gasteiger partial charge in [0.05, 0.1) is 11.7 Å². The fourth-order valence-corrected chi connectivity index (χ4v) is 4.44. The van der Waals surface area contributed by atoms with Crippen molar-refractivity contribution in [2.24, 2.45) is 11.8 Å². The van der Waals surface area contributed by atoms with Crippen molar-refractivity contribution in [1.29, 1.82) is 0 Å². The van der Waals surface area contributed by atoms with Gasteiger partial charge in [-0.25, -0.2) is 0 Å². The van der Waals surface area contributed by atoms with Crippen molar-refractivity contribution < 1.29 is 9.53 Å². The van der Waals surface area contributed by atoms with E-state index in [9.17, 15) is 4.79 Å². The fourth-order valence-electron chi connectivity index (χ4n) is 4.44. The molecule has 5 nitrogen and oxygen atoms in total. The van der Waals surface area contributed by atoms with Crippen LogP contribution in [-0.4, -0.2) is 48.1 Å². The number of aromatic nitrogens is 1. The van der Waals surface area contributed by atoms with E-state index in [2.05, 4.69) is 28.2 Å². The molecule has 2 aliphatic heterocycles. The minimum atomic E-state index is 0.0934. The topological polar surface area (TPSA) is 54.5 Å². The Hall–Kier alpha value is -1.46. The van der Waals surface area contributed by atoms with Crippen molar-refractivity contribution in [3.05, 3.63) is 29.6 Å². The van der Waals surface area contributed by atoms with E-state index < -0.39 is 0 Å². The van der Waals surface area contributed by atoms with Gasteiger partial charge in [-0.05, 0) is 82.2 Å². The van der Waals surface area contributed by atoms with Crippen molar-refractivity contribution >= 4 is 5.91 Å². The lowest BCUT2D eigenvalue weighted by Crippen LogP contribution is -2.47. The zero-order valence-electron chi connectivity index (χ0n) is 15.8. The fraction of sp³-hybridized carbons (Fsp3) is 0.714. The van der Waals surface area contributed by atoms with Gasteiger partial charge >= 0.3 is 0 Å². The molecule has 2 saturated heterocycles. The van der Waals surface area contributed by atoms with Gasteiger partial charge in [-0.2, -0.15) is 0 Å². The molecule has 0 aromatic carbocycles. The predicted molar refractivity (Wildman–Crippen MR) is 101 cm³/mol. The molecule has 26 heavy (non-hydrogen) atoms. The molecule has 0 radical (unpaired) electrons. The quantitative estimate of drug-likeness (QED) is 0.880. The summed E-state index contributed by atoms with van der Waals surface area (Å²) in [5.74, 6) is 0.949. The molecular formula is C21H31N3O2. The minimum Gasteiger partial charge on any atom is -0.381 e. The number of aryl methyl sites for hydroxylation is 1. The van der Waals surface area contributed by atoms with Crippen LogP contribution in [-0.2, 0) is 9.53 Å². The molecule has 1 atom stereocenters. The SMILES string of the molecule is Cc1ccnc([C@H](NC(=O)C2CCN(C3CCOCC3)CC2)C2CC2)c1.